The lowest BCUT2D eigenvalue weighted by atomic mass is 10.0. The van der Waals surface area contributed by atoms with Crippen LogP contribution in [0.15, 0.2) is 41.3 Å². The van der Waals surface area contributed by atoms with Crippen LogP contribution < -0.4 is 0 Å². The molecule has 1 aromatic rings. The molecule has 1 aromatic carbocycles. The molecule has 1 rings (SSSR count). The van der Waals surface area contributed by atoms with E-state index in [1.807, 2.05) is 0 Å². The molecule has 86 valence electrons. The molecule has 0 aliphatic rings. The van der Waals surface area contributed by atoms with Crippen molar-refractivity contribution in [2.45, 2.75) is 24.7 Å². The molecule has 0 amide bonds. The lowest BCUT2D eigenvalue weighted by Crippen LogP contribution is -1.87. The summed E-state index contributed by atoms with van der Waals surface area (Å²) < 4.78 is 0. The second-order valence-corrected chi connectivity index (χ2v) is 4.87. The van der Waals surface area contributed by atoms with E-state index in [0.29, 0.717) is 11.7 Å². The third-order valence-electron chi connectivity index (χ3n) is 2.15. The van der Waals surface area contributed by atoms with Gasteiger partial charge in [-0.05, 0) is 23.6 Å². The average molecular weight is 236 g/mol. The summed E-state index contributed by atoms with van der Waals surface area (Å²) in [5.41, 5.74) is 1.32. The van der Waals surface area contributed by atoms with E-state index < -0.39 is 5.97 Å². The molecule has 0 saturated heterocycles. The summed E-state index contributed by atoms with van der Waals surface area (Å²) in [6.07, 6.45) is 2.83. The number of aliphatic carboxylic acids is 1. The Morgan fingerprint density at radius 3 is 2.50 bits per heavy atom. The van der Waals surface area contributed by atoms with Gasteiger partial charge in [0.15, 0.2) is 0 Å². The standard InChI is InChI=1S/C13H16O2S/c1-10(2)11-5-7-12(8-6-11)16-9-3-4-13(14)15/h3-8,10H,9H2,1-2H3,(H,14,15)/b4-3+. The lowest BCUT2D eigenvalue weighted by molar-refractivity contribution is -0.131. The van der Waals surface area contributed by atoms with Crippen molar-refractivity contribution in [1.29, 1.82) is 0 Å². The highest BCUT2D eigenvalue weighted by Gasteiger charge is 1.98. The Morgan fingerprint density at radius 2 is 2.00 bits per heavy atom. The number of carboxylic acids is 1. The minimum Gasteiger partial charge on any atom is -0.478 e. The maximum Gasteiger partial charge on any atom is 0.328 e. The van der Waals surface area contributed by atoms with Gasteiger partial charge < -0.3 is 5.11 Å². The first kappa shape index (κ1) is 12.8. The van der Waals surface area contributed by atoms with Crippen LogP contribution in [0.3, 0.4) is 0 Å². The number of hydrogen-bond acceptors (Lipinski definition) is 2. The third-order valence-corrected chi connectivity index (χ3v) is 3.12. The topological polar surface area (TPSA) is 37.3 Å². The van der Waals surface area contributed by atoms with Crippen molar-refractivity contribution in [1.82, 2.24) is 0 Å². The Balaban J connectivity index is 2.46. The Labute approximate surface area is 100 Å². The van der Waals surface area contributed by atoms with Crippen LogP contribution in [0.5, 0.6) is 0 Å². The normalized spacial score (nSPS) is 11.2. The number of carbonyl (C=O) groups is 1. The van der Waals surface area contributed by atoms with E-state index in [9.17, 15) is 4.79 Å². The molecule has 0 aliphatic heterocycles. The van der Waals surface area contributed by atoms with Crippen LogP contribution >= 0.6 is 11.8 Å². The Kier molecular flexibility index (Phi) is 5.12. The first-order chi connectivity index (χ1) is 7.59. The molecule has 0 atom stereocenters. The van der Waals surface area contributed by atoms with Gasteiger partial charge in [-0.2, -0.15) is 0 Å². The number of rotatable bonds is 5. The number of benzene rings is 1. The summed E-state index contributed by atoms with van der Waals surface area (Å²) in [5, 5.41) is 8.41. The van der Waals surface area contributed by atoms with E-state index in [-0.39, 0.29) is 0 Å². The Morgan fingerprint density at radius 1 is 1.38 bits per heavy atom. The molecule has 0 saturated carbocycles. The fraction of sp³-hybridized carbons (Fsp3) is 0.308. The monoisotopic (exact) mass is 236 g/mol. The summed E-state index contributed by atoms with van der Waals surface area (Å²) in [6, 6.07) is 8.39. The van der Waals surface area contributed by atoms with Crippen molar-refractivity contribution >= 4 is 17.7 Å². The molecule has 0 aliphatic carbocycles. The fourth-order valence-corrected chi connectivity index (χ4v) is 1.96. The van der Waals surface area contributed by atoms with Gasteiger partial charge in [-0.1, -0.05) is 32.1 Å². The van der Waals surface area contributed by atoms with Gasteiger partial charge >= 0.3 is 5.97 Å². The minimum atomic E-state index is -0.893. The van der Waals surface area contributed by atoms with Crippen LogP contribution in [-0.4, -0.2) is 16.8 Å². The third kappa shape index (κ3) is 4.53. The maximum atomic E-state index is 10.2. The van der Waals surface area contributed by atoms with Crippen molar-refractivity contribution in [2.75, 3.05) is 5.75 Å². The van der Waals surface area contributed by atoms with Crippen molar-refractivity contribution in [3.05, 3.63) is 42.0 Å². The summed E-state index contributed by atoms with van der Waals surface area (Å²) in [5.74, 6) is 0.342. The summed E-state index contributed by atoms with van der Waals surface area (Å²) >= 11 is 1.63. The van der Waals surface area contributed by atoms with Crippen LogP contribution in [0.2, 0.25) is 0 Å². The Hall–Kier alpha value is -1.22. The molecule has 0 spiro atoms. The second-order valence-electron chi connectivity index (χ2n) is 3.78. The molecular weight excluding hydrogens is 220 g/mol. The van der Waals surface area contributed by atoms with Crippen LogP contribution in [-0.2, 0) is 4.79 Å². The molecule has 16 heavy (non-hydrogen) atoms. The maximum absolute atomic E-state index is 10.2. The predicted molar refractivity (Wildman–Crippen MR) is 68.0 cm³/mol. The first-order valence-electron chi connectivity index (χ1n) is 5.22. The van der Waals surface area contributed by atoms with Crippen LogP contribution in [0.1, 0.15) is 25.3 Å². The van der Waals surface area contributed by atoms with E-state index in [2.05, 4.69) is 38.1 Å². The molecule has 0 radical (unpaired) electrons. The molecular formula is C13H16O2S. The summed E-state index contributed by atoms with van der Waals surface area (Å²) in [6.45, 7) is 4.33. The largest absolute Gasteiger partial charge is 0.478 e. The quantitative estimate of drug-likeness (QED) is 0.627. The summed E-state index contributed by atoms with van der Waals surface area (Å²) in [4.78, 5) is 11.4. The van der Waals surface area contributed by atoms with Crippen molar-refractivity contribution in [3.63, 3.8) is 0 Å². The van der Waals surface area contributed by atoms with Gasteiger partial charge in [-0.25, -0.2) is 4.79 Å². The average Bonchev–Trinajstić information content (AvgIpc) is 2.25. The molecule has 1 N–H and O–H groups in total. The van der Waals surface area contributed by atoms with E-state index in [1.54, 1.807) is 17.8 Å². The number of hydrogen-bond donors (Lipinski definition) is 1. The van der Waals surface area contributed by atoms with Gasteiger partial charge in [0, 0.05) is 16.7 Å². The minimum absolute atomic E-state index is 0.547. The van der Waals surface area contributed by atoms with Gasteiger partial charge in [0.1, 0.15) is 0 Å². The molecule has 2 nitrogen and oxygen atoms in total. The van der Waals surface area contributed by atoms with Crippen LogP contribution in [0, 0.1) is 0 Å². The van der Waals surface area contributed by atoms with Gasteiger partial charge in [0.05, 0.1) is 0 Å². The van der Waals surface area contributed by atoms with Crippen LogP contribution in [0.25, 0.3) is 0 Å². The first-order valence-corrected chi connectivity index (χ1v) is 6.20. The zero-order valence-electron chi connectivity index (χ0n) is 9.51. The van der Waals surface area contributed by atoms with Gasteiger partial charge in [-0.15, -0.1) is 11.8 Å². The molecule has 0 unspecified atom stereocenters. The molecule has 0 bridgehead atoms. The highest BCUT2D eigenvalue weighted by Crippen LogP contribution is 2.21. The molecule has 0 fully saturated rings. The van der Waals surface area contributed by atoms with Crippen molar-refractivity contribution in [3.8, 4) is 0 Å². The van der Waals surface area contributed by atoms with Gasteiger partial charge in [0.25, 0.3) is 0 Å². The zero-order chi connectivity index (χ0) is 12.0. The summed E-state index contributed by atoms with van der Waals surface area (Å²) in [7, 11) is 0. The van der Waals surface area contributed by atoms with Gasteiger partial charge in [-0.3, -0.25) is 0 Å². The predicted octanol–water partition coefficient (Wildman–Crippen LogP) is 3.54. The lowest BCUT2D eigenvalue weighted by Gasteiger charge is -2.05. The smallest absolute Gasteiger partial charge is 0.328 e. The second kappa shape index (κ2) is 6.38. The zero-order valence-corrected chi connectivity index (χ0v) is 10.3. The highest BCUT2D eigenvalue weighted by molar-refractivity contribution is 7.99. The van der Waals surface area contributed by atoms with Crippen LogP contribution in [0.4, 0.5) is 0 Å². The van der Waals surface area contributed by atoms with E-state index in [4.69, 9.17) is 5.11 Å². The van der Waals surface area contributed by atoms with Crippen molar-refractivity contribution < 1.29 is 9.90 Å². The molecule has 3 heteroatoms. The Bertz CT molecular complexity index is 366. The van der Waals surface area contributed by atoms with E-state index in [0.717, 1.165) is 0 Å². The van der Waals surface area contributed by atoms with Crippen molar-refractivity contribution in [2.24, 2.45) is 0 Å². The fourth-order valence-electron chi connectivity index (χ4n) is 1.24. The SMILES string of the molecule is CC(C)c1ccc(SC/C=C/C(=O)O)cc1. The van der Waals surface area contributed by atoms with Gasteiger partial charge in [0.2, 0.25) is 0 Å². The highest BCUT2D eigenvalue weighted by atomic mass is 32.2. The number of carboxylic acid groups (broad SMARTS) is 1. The van der Waals surface area contributed by atoms with E-state index >= 15 is 0 Å². The molecule has 0 aromatic heterocycles. The van der Waals surface area contributed by atoms with E-state index in [1.165, 1.54) is 16.5 Å². The number of thioether (sulfide) groups is 1. The molecule has 0 heterocycles.